The summed E-state index contributed by atoms with van der Waals surface area (Å²) in [4.78, 5) is 22.1. The van der Waals surface area contributed by atoms with Crippen LogP contribution in [0.15, 0.2) is 0 Å². The molecule has 0 saturated heterocycles. The molecule has 7 nitrogen and oxygen atoms in total. The molecule has 1 N–H and O–H groups in total. The Hall–Kier alpha value is -1.43. The van der Waals surface area contributed by atoms with Crippen molar-refractivity contribution in [2.45, 2.75) is 24.5 Å². The third-order valence-electron chi connectivity index (χ3n) is 1.70. The normalized spacial score (nSPS) is 13.3. The van der Waals surface area contributed by atoms with Crippen molar-refractivity contribution in [2.75, 3.05) is 13.2 Å². The van der Waals surface area contributed by atoms with Gasteiger partial charge in [-0.05, 0) is 0 Å². The molecule has 20 heavy (non-hydrogen) atoms. The fraction of sp³-hybridized carbons (Fsp3) is 0.750. The second-order valence-electron chi connectivity index (χ2n) is 3.30. The summed E-state index contributed by atoms with van der Waals surface area (Å²) in [6.07, 6.45) is -7.45. The predicted molar refractivity (Wildman–Crippen MR) is 53.9 cm³/mol. The summed E-state index contributed by atoms with van der Waals surface area (Å²) in [5.41, 5.74) is 0. The van der Waals surface area contributed by atoms with Crippen molar-refractivity contribution in [3.05, 3.63) is 0 Å². The Morgan fingerprint density at radius 1 is 1.00 bits per heavy atom. The largest absolute Gasteiger partial charge is 0.460 e. The van der Waals surface area contributed by atoms with E-state index in [2.05, 4.69) is 9.47 Å². The molecule has 0 aromatic heterocycles. The van der Waals surface area contributed by atoms with Crippen LogP contribution in [0.5, 0.6) is 0 Å². The van der Waals surface area contributed by atoms with Crippen LogP contribution in [-0.4, -0.2) is 56.2 Å². The van der Waals surface area contributed by atoms with Crippen LogP contribution in [0, 0.1) is 0 Å². The van der Waals surface area contributed by atoms with E-state index in [0.29, 0.717) is 0 Å². The molecule has 0 aliphatic carbocycles. The van der Waals surface area contributed by atoms with E-state index in [-0.39, 0.29) is 0 Å². The Labute approximate surface area is 110 Å². The average molecular weight is 326 g/mol. The lowest BCUT2D eigenvalue weighted by molar-refractivity contribution is -0.153. The van der Waals surface area contributed by atoms with Gasteiger partial charge in [-0.15, -0.1) is 0 Å². The highest BCUT2D eigenvalue weighted by atomic mass is 32.2. The molecule has 0 aliphatic rings. The van der Waals surface area contributed by atoms with Crippen molar-refractivity contribution in [3.8, 4) is 0 Å². The van der Waals surface area contributed by atoms with Crippen LogP contribution in [0.25, 0.3) is 0 Å². The van der Waals surface area contributed by atoms with E-state index in [4.69, 9.17) is 4.55 Å². The first-order chi connectivity index (χ1) is 9.04. The van der Waals surface area contributed by atoms with Crippen LogP contribution in [0.4, 0.5) is 17.6 Å². The molecule has 0 aliphatic heterocycles. The van der Waals surface area contributed by atoms with Gasteiger partial charge in [0, 0.05) is 0 Å². The number of carbonyl (C=O) groups is 2. The molecule has 0 heterocycles. The molecule has 0 fully saturated rings. The van der Waals surface area contributed by atoms with E-state index in [0.717, 1.165) is 0 Å². The summed E-state index contributed by atoms with van der Waals surface area (Å²) >= 11 is 0. The first-order valence-corrected chi connectivity index (χ1v) is 6.39. The van der Waals surface area contributed by atoms with Gasteiger partial charge >= 0.3 is 11.9 Å². The topological polar surface area (TPSA) is 107 Å². The lowest BCUT2D eigenvalue weighted by atomic mass is 10.3. The number of esters is 2. The van der Waals surface area contributed by atoms with E-state index in [1.54, 1.807) is 0 Å². The van der Waals surface area contributed by atoms with Crippen LogP contribution in [0.1, 0.15) is 6.42 Å². The van der Waals surface area contributed by atoms with Crippen LogP contribution < -0.4 is 0 Å². The molecule has 1 unspecified atom stereocenters. The smallest absolute Gasteiger partial charge is 0.327 e. The maximum atomic E-state index is 11.8. The number of halogens is 4. The number of hydrogen-bond acceptors (Lipinski definition) is 6. The van der Waals surface area contributed by atoms with E-state index in [1.807, 2.05) is 0 Å². The second kappa shape index (κ2) is 7.99. The van der Waals surface area contributed by atoms with Gasteiger partial charge in [0.25, 0.3) is 23.0 Å². The Morgan fingerprint density at radius 2 is 1.45 bits per heavy atom. The monoisotopic (exact) mass is 326 g/mol. The molecule has 0 aromatic rings. The molecule has 118 valence electrons. The Morgan fingerprint density at radius 3 is 1.85 bits per heavy atom. The minimum absolute atomic E-state index is 1.34. The van der Waals surface area contributed by atoms with Crippen LogP contribution in [0.3, 0.4) is 0 Å². The van der Waals surface area contributed by atoms with Gasteiger partial charge in [0.1, 0.15) is 0 Å². The molecular formula is C8H10F4O7S. The third kappa shape index (κ3) is 7.89. The molecule has 1 atom stereocenters. The van der Waals surface area contributed by atoms with Crippen LogP contribution in [-0.2, 0) is 29.2 Å². The van der Waals surface area contributed by atoms with Crippen molar-refractivity contribution < 1.29 is 49.6 Å². The summed E-state index contributed by atoms with van der Waals surface area (Å²) < 4.78 is 84.9. The number of carbonyl (C=O) groups excluding carboxylic acids is 2. The molecule has 0 rings (SSSR count). The van der Waals surface area contributed by atoms with Gasteiger partial charge in [-0.25, -0.2) is 17.6 Å². The summed E-state index contributed by atoms with van der Waals surface area (Å²) in [7, 11) is -5.15. The highest BCUT2D eigenvalue weighted by molar-refractivity contribution is 7.87. The van der Waals surface area contributed by atoms with Crippen molar-refractivity contribution >= 4 is 22.1 Å². The zero-order chi connectivity index (χ0) is 15.9. The molecule has 0 spiro atoms. The molecule has 0 saturated carbocycles. The summed E-state index contributed by atoms with van der Waals surface area (Å²) in [5, 5.41) is -2.52. The maximum absolute atomic E-state index is 11.8. The SMILES string of the molecule is O=C(CC(C(=O)OCC(F)F)S(=O)(=O)O)OCC(F)F. The first kappa shape index (κ1) is 18.6. The fourth-order valence-corrected chi connectivity index (χ4v) is 1.57. The predicted octanol–water partition coefficient (Wildman–Crippen LogP) is 0.249. The molecule has 0 radical (unpaired) electrons. The van der Waals surface area contributed by atoms with Gasteiger partial charge in [0.15, 0.2) is 18.5 Å². The molecule has 0 aromatic carbocycles. The van der Waals surface area contributed by atoms with Crippen molar-refractivity contribution in [1.82, 2.24) is 0 Å². The molecule has 0 amide bonds. The minimum Gasteiger partial charge on any atom is -0.460 e. The second-order valence-corrected chi connectivity index (χ2v) is 4.90. The lowest BCUT2D eigenvalue weighted by Gasteiger charge is -2.12. The fourth-order valence-electron chi connectivity index (χ4n) is 0.915. The van der Waals surface area contributed by atoms with Crippen LogP contribution in [0.2, 0.25) is 0 Å². The van der Waals surface area contributed by atoms with E-state index >= 15 is 0 Å². The lowest BCUT2D eigenvalue weighted by Crippen LogP contribution is -2.35. The molecular weight excluding hydrogens is 316 g/mol. The Balaban J connectivity index is 4.67. The summed E-state index contributed by atoms with van der Waals surface area (Å²) in [6, 6.07) is 0. The van der Waals surface area contributed by atoms with E-state index in [1.165, 1.54) is 0 Å². The van der Waals surface area contributed by atoms with E-state index < -0.39 is 59.8 Å². The van der Waals surface area contributed by atoms with E-state index in [9.17, 15) is 35.6 Å². The van der Waals surface area contributed by atoms with Gasteiger partial charge in [0.05, 0.1) is 6.42 Å². The van der Waals surface area contributed by atoms with Gasteiger partial charge in [-0.1, -0.05) is 0 Å². The van der Waals surface area contributed by atoms with Gasteiger partial charge < -0.3 is 9.47 Å². The molecule has 12 heteroatoms. The number of ether oxygens (including phenoxy) is 2. The standard InChI is InChI=1S/C8H10F4O7S/c9-5(10)2-18-7(13)1-4(20(15,16)17)8(14)19-3-6(11)12/h4-6H,1-3H2,(H,15,16,17). The third-order valence-corrected chi connectivity index (χ3v) is 2.77. The zero-order valence-corrected chi connectivity index (χ0v) is 10.5. The van der Waals surface area contributed by atoms with Gasteiger partial charge in [-0.3, -0.25) is 14.1 Å². The first-order valence-electron chi connectivity index (χ1n) is 4.89. The highest BCUT2D eigenvalue weighted by Crippen LogP contribution is 2.10. The van der Waals surface area contributed by atoms with Gasteiger partial charge in [0.2, 0.25) is 0 Å². The quantitative estimate of drug-likeness (QED) is 0.387. The average Bonchev–Trinajstić information content (AvgIpc) is 2.28. The van der Waals surface area contributed by atoms with Gasteiger partial charge in [-0.2, -0.15) is 8.42 Å². The highest BCUT2D eigenvalue weighted by Gasteiger charge is 2.36. The number of alkyl halides is 4. The van der Waals surface area contributed by atoms with Crippen molar-refractivity contribution in [1.29, 1.82) is 0 Å². The Kier molecular flexibility index (Phi) is 7.42. The van der Waals surface area contributed by atoms with Crippen LogP contribution >= 0.6 is 0 Å². The van der Waals surface area contributed by atoms with Crippen molar-refractivity contribution in [2.24, 2.45) is 0 Å². The Bertz CT molecular complexity index is 436. The maximum Gasteiger partial charge on any atom is 0.327 e. The number of hydrogen-bond donors (Lipinski definition) is 1. The molecule has 0 bridgehead atoms. The van der Waals surface area contributed by atoms with Crippen molar-refractivity contribution in [3.63, 3.8) is 0 Å². The summed E-state index contributed by atoms with van der Waals surface area (Å²) in [5.74, 6) is -3.36. The summed E-state index contributed by atoms with van der Waals surface area (Å²) in [6.45, 7) is -2.79. The zero-order valence-electron chi connectivity index (χ0n) is 9.67. The number of rotatable bonds is 8. The minimum atomic E-state index is -5.15.